The maximum atomic E-state index is 14.8. The van der Waals surface area contributed by atoms with Crippen LogP contribution in [0, 0.1) is 12.7 Å². The van der Waals surface area contributed by atoms with Crippen LogP contribution in [0.3, 0.4) is 0 Å². The summed E-state index contributed by atoms with van der Waals surface area (Å²) < 4.78 is 14.8. The number of nitrogens with one attached hydrogen (secondary N) is 2. The number of hydroxylamine groups is 1. The molecule has 152 valence electrons. The predicted octanol–water partition coefficient (Wildman–Crippen LogP) is 2.66. The molecule has 3 heterocycles. The van der Waals surface area contributed by atoms with Crippen molar-refractivity contribution in [2.45, 2.75) is 26.4 Å². The first-order valence-electron chi connectivity index (χ1n) is 9.42. The van der Waals surface area contributed by atoms with Crippen molar-refractivity contribution in [3.63, 3.8) is 0 Å². The number of aryl methyl sites for hydroxylation is 1. The number of anilines is 1. The van der Waals surface area contributed by atoms with Crippen LogP contribution in [0.2, 0.25) is 0 Å². The zero-order valence-electron chi connectivity index (χ0n) is 16.2. The summed E-state index contributed by atoms with van der Waals surface area (Å²) in [4.78, 5) is 18.6. The van der Waals surface area contributed by atoms with Crippen molar-refractivity contribution < 1.29 is 14.0 Å². The number of halogens is 1. The van der Waals surface area contributed by atoms with Crippen LogP contribution in [-0.2, 0) is 9.63 Å². The summed E-state index contributed by atoms with van der Waals surface area (Å²) in [6.07, 6.45) is 4.36. The van der Waals surface area contributed by atoms with Crippen molar-refractivity contribution in [3.8, 4) is 0 Å². The van der Waals surface area contributed by atoms with Gasteiger partial charge in [0.15, 0.2) is 0 Å². The highest BCUT2D eigenvalue weighted by molar-refractivity contribution is 7.15. The Morgan fingerprint density at radius 2 is 2.31 bits per heavy atom. The Hall–Kier alpha value is -2.78. The lowest BCUT2D eigenvalue weighted by Gasteiger charge is -2.25. The van der Waals surface area contributed by atoms with Gasteiger partial charge in [-0.1, -0.05) is 29.5 Å². The number of nitrogens with zero attached hydrogens (tertiary/aromatic N) is 3. The first-order chi connectivity index (χ1) is 14.0. The van der Waals surface area contributed by atoms with E-state index in [1.54, 1.807) is 11.3 Å². The van der Waals surface area contributed by atoms with E-state index in [0.29, 0.717) is 29.9 Å². The van der Waals surface area contributed by atoms with Crippen LogP contribution in [0.25, 0.3) is 11.3 Å². The van der Waals surface area contributed by atoms with Gasteiger partial charge in [0.05, 0.1) is 12.2 Å². The molecule has 2 aromatic rings. The molecular formula is C20H22FN5O2S. The van der Waals surface area contributed by atoms with Crippen LogP contribution in [0.5, 0.6) is 0 Å². The van der Waals surface area contributed by atoms with E-state index in [0.717, 1.165) is 28.7 Å². The average molecular weight is 415 g/mol. The Balaban J connectivity index is 1.45. The van der Waals surface area contributed by atoms with Gasteiger partial charge in [0.25, 0.3) is 0 Å². The molecule has 29 heavy (non-hydrogen) atoms. The summed E-state index contributed by atoms with van der Waals surface area (Å²) in [6.45, 7) is 5.23. The molecule has 1 unspecified atom stereocenters. The second kappa shape index (κ2) is 8.30. The Morgan fingerprint density at radius 1 is 1.45 bits per heavy atom. The fourth-order valence-electron chi connectivity index (χ4n) is 3.34. The number of aromatic nitrogens is 2. The van der Waals surface area contributed by atoms with Gasteiger partial charge in [0.2, 0.25) is 11.0 Å². The Morgan fingerprint density at radius 3 is 2.97 bits per heavy atom. The third-order valence-corrected chi connectivity index (χ3v) is 5.75. The zero-order valence-corrected chi connectivity index (χ0v) is 17.1. The molecule has 0 radical (unpaired) electrons. The lowest BCUT2D eigenvalue weighted by Crippen LogP contribution is -2.30. The highest BCUT2D eigenvalue weighted by Gasteiger charge is 2.21. The highest BCUT2D eigenvalue weighted by Crippen LogP contribution is 2.30. The van der Waals surface area contributed by atoms with E-state index in [-0.39, 0.29) is 17.8 Å². The average Bonchev–Trinajstić information content (AvgIpc) is 3.36. The normalized spacial score (nSPS) is 18.9. The fourth-order valence-corrected chi connectivity index (χ4v) is 4.06. The highest BCUT2D eigenvalue weighted by atomic mass is 32.1. The molecule has 2 aliphatic rings. The monoisotopic (exact) mass is 415 g/mol. The van der Waals surface area contributed by atoms with Crippen molar-refractivity contribution in [1.29, 1.82) is 0 Å². The summed E-state index contributed by atoms with van der Waals surface area (Å²) >= 11 is 1.57. The summed E-state index contributed by atoms with van der Waals surface area (Å²) in [5.74, 6) is -0.381. The van der Waals surface area contributed by atoms with E-state index in [9.17, 15) is 9.18 Å². The van der Waals surface area contributed by atoms with Gasteiger partial charge < -0.3 is 10.2 Å². The van der Waals surface area contributed by atoms with E-state index < -0.39 is 0 Å². The van der Waals surface area contributed by atoms with Crippen LogP contribution in [0.4, 0.5) is 9.52 Å². The summed E-state index contributed by atoms with van der Waals surface area (Å²) in [7, 11) is 0. The molecule has 0 saturated heterocycles. The number of carbonyl (C=O) groups excluding carboxylic acids is 1. The topological polar surface area (TPSA) is 79.4 Å². The molecule has 1 amide bonds. The van der Waals surface area contributed by atoms with E-state index in [1.165, 1.54) is 13.0 Å². The lowest BCUT2D eigenvalue weighted by molar-refractivity contribution is -0.119. The number of hydrogen-bond acceptors (Lipinski definition) is 7. The molecule has 2 aliphatic heterocycles. The molecule has 1 atom stereocenters. The number of amides is 1. The van der Waals surface area contributed by atoms with Gasteiger partial charge in [0.1, 0.15) is 16.9 Å². The number of carbonyl (C=O) groups is 1. The maximum absolute atomic E-state index is 14.8. The first kappa shape index (κ1) is 19.5. The minimum absolute atomic E-state index is 0.119. The van der Waals surface area contributed by atoms with Crippen molar-refractivity contribution in [2.75, 3.05) is 24.5 Å². The second-order valence-corrected chi connectivity index (χ2v) is 8.16. The molecule has 0 spiro atoms. The van der Waals surface area contributed by atoms with Crippen molar-refractivity contribution in [3.05, 3.63) is 52.3 Å². The van der Waals surface area contributed by atoms with Gasteiger partial charge in [-0.25, -0.2) is 4.39 Å². The van der Waals surface area contributed by atoms with Gasteiger partial charge in [-0.05, 0) is 31.1 Å². The molecule has 1 aromatic carbocycles. The molecule has 4 rings (SSSR count). The smallest absolute Gasteiger partial charge is 0.216 e. The largest absolute Gasteiger partial charge is 0.353 e. The SMILES string of the molecule is CC(=O)NCC1C=C(c2ccc(C3=CCN(c4nnc(C)s4)CC3)c(F)c2)NO1. The molecule has 2 N–H and O–H groups in total. The quantitative estimate of drug-likeness (QED) is 0.782. The van der Waals surface area contributed by atoms with Crippen LogP contribution in [0.15, 0.2) is 30.4 Å². The fraction of sp³-hybridized carbons (Fsp3) is 0.350. The van der Waals surface area contributed by atoms with Crippen molar-refractivity contribution in [1.82, 2.24) is 21.0 Å². The standard InChI is InChI=1S/C20H22FN5O2S/c1-12(27)22-11-16-10-19(25-28-16)15-3-4-17(18(21)9-15)14-5-7-26(8-6-14)20-24-23-13(2)29-20/h3-5,9-10,16,25H,6-8,11H2,1-2H3,(H,22,27). The van der Waals surface area contributed by atoms with Gasteiger partial charge >= 0.3 is 0 Å². The van der Waals surface area contributed by atoms with Gasteiger partial charge in [-0.15, -0.1) is 10.2 Å². The molecule has 7 nitrogen and oxygen atoms in total. The number of hydrogen-bond donors (Lipinski definition) is 2. The molecule has 1 aromatic heterocycles. The molecule has 0 bridgehead atoms. The lowest BCUT2D eigenvalue weighted by atomic mass is 9.97. The maximum Gasteiger partial charge on any atom is 0.216 e. The third-order valence-electron chi connectivity index (χ3n) is 4.85. The van der Waals surface area contributed by atoms with Crippen molar-refractivity contribution >= 4 is 33.6 Å². The van der Waals surface area contributed by atoms with Crippen LogP contribution in [0.1, 0.15) is 29.5 Å². The summed E-state index contributed by atoms with van der Waals surface area (Å²) in [5, 5.41) is 12.8. The van der Waals surface area contributed by atoms with E-state index in [1.807, 2.05) is 25.1 Å². The third kappa shape index (κ3) is 4.46. The number of benzene rings is 1. The molecule has 9 heteroatoms. The van der Waals surface area contributed by atoms with E-state index in [2.05, 4.69) is 32.0 Å². The summed E-state index contributed by atoms with van der Waals surface area (Å²) in [6, 6.07) is 5.20. The minimum Gasteiger partial charge on any atom is -0.353 e. The van der Waals surface area contributed by atoms with Crippen LogP contribution >= 0.6 is 11.3 Å². The van der Waals surface area contributed by atoms with E-state index in [4.69, 9.17) is 4.84 Å². The predicted molar refractivity (Wildman–Crippen MR) is 111 cm³/mol. The number of rotatable bonds is 5. The Kier molecular flexibility index (Phi) is 5.59. The molecule has 0 aliphatic carbocycles. The van der Waals surface area contributed by atoms with Crippen molar-refractivity contribution in [2.24, 2.45) is 0 Å². The molecular weight excluding hydrogens is 393 g/mol. The molecule has 0 saturated carbocycles. The first-order valence-corrected chi connectivity index (χ1v) is 10.2. The van der Waals surface area contributed by atoms with E-state index >= 15 is 0 Å². The second-order valence-electron chi connectivity index (χ2n) is 7.00. The Bertz CT molecular complexity index is 987. The minimum atomic E-state index is -0.285. The van der Waals surface area contributed by atoms with Gasteiger partial charge in [0, 0.05) is 31.1 Å². The molecule has 0 fully saturated rings. The van der Waals surface area contributed by atoms with Crippen LogP contribution in [-0.4, -0.2) is 41.8 Å². The van der Waals surface area contributed by atoms with Crippen LogP contribution < -0.4 is 15.7 Å². The summed E-state index contributed by atoms with van der Waals surface area (Å²) in [5.41, 5.74) is 5.83. The zero-order chi connectivity index (χ0) is 20.4. The Labute approximate surface area is 172 Å². The van der Waals surface area contributed by atoms with Gasteiger partial charge in [-0.3, -0.25) is 15.1 Å². The van der Waals surface area contributed by atoms with Gasteiger partial charge in [-0.2, -0.15) is 0 Å².